The first-order chi connectivity index (χ1) is 10.3. The van der Waals surface area contributed by atoms with Crippen LogP contribution in [-0.4, -0.2) is 26.5 Å². The second kappa shape index (κ2) is 5.90. The number of hydrogen-bond acceptors (Lipinski definition) is 5. The summed E-state index contributed by atoms with van der Waals surface area (Å²) >= 11 is 0. The molecule has 21 heavy (non-hydrogen) atoms. The van der Waals surface area contributed by atoms with Crippen LogP contribution in [-0.2, 0) is 24.3 Å². The molecule has 110 valence electrons. The van der Waals surface area contributed by atoms with Crippen molar-refractivity contribution in [3.63, 3.8) is 0 Å². The number of furan rings is 1. The average molecular weight is 288 g/mol. The highest BCUT2D eigenvalue weighted by atomic mass is 16.3. The number of nitrogens with one attached hydrogen (secondary N) is 1. The fraction of sp³-hybridized carbons (Fsp3) is 0.429. The number of amides is 1. The van der Waals surface area contributed by atoms with Crippen molar-refractivity contribution in [1.82, 2.24) is 20.1 Å². The molecule has 7 nitrogen and oxygen atoms in total. The Morgan fingerprint density at radius 2 is 2.19 bits per heavy atom. The fourth-order valence-corrected chi connectivity index (χ4v) is 2.44. The molecule has 3 heterocycles. The van der Waals surface area contributed by atoms with Crippen molar-refractivity contribution < 1.29 is 14.0 Å². The zero-order chi connectivity index (χ0) is 14.7. The Morgan fingerprint density at radius 1 is 1.29 bits per heavy atom. The lowest BCUT2D eigenvalue weighted by Gasteiger charge is -2.07. The molecule has 2 aromatic heterocycles. The Morgan fingerprint density at radius 3 is 3.00 bits per heavy atom. The number of nitrogens with zero attached hydrogens (tertiary/aromatic N) is 3. The zero-order valence-corrected chi connectivity index (χ0v) is 11.5. The van der Waals surface area contributed by atoms with E-state index in [1.165, 1.54) is 18.8 Å². The topological polar surface area (TPSA) is 90.0 Å². The summed E-state index contributed by atoms with van der Waals surface area (Å²) < 4.78 is 6.95. The van der Waals surface area contributed by atoms with Crippen LogP contribution in [0.15, 0.2) is 22.8 Å². The molecule has 0 atom stereocenters. The van der Waals surface area contributed by atoms with Gasteiger partial charge in [-0.3, -0.25) is 9.59 Å². The Bertz CT molecular complexity index is 645. The summed E-state index contributed by atoms with van der Waals surface area (Å²) in [7, 11) is 0. The Balaban J connectivity index is 1.64. The van der Waals surface area contributed by atoms with Crippen molar-refractivity contribution in [2.75, 3.05) is 0 Å². The number of carbonyl (C=O) groups excluding carboxylic acids is 2. The van der Waals surface area contributed by atoms with E-state index in [2.05, 4.69) is 15.5 Å². The van der Waals surface area contributed by atoms with Crippen LogP contribution in [0.4, 0.5) is 0 Å². The first kappa shape index (κ1) is 13.5. The van der Waals surface area contributed by atoms with Gasteiger partial charge in [0, 0.05) is 13.0 Å². The van der Waals surface area contributed by atoms with Crippen molar-refractivity contribution in [1.29, 1.82) is 0 Å². The lowest BCUT2D eigenvalue weighted by atomic mass is 10.2. The number of fused-ring (bicyclic) bond motifs is 1. The van der Waals surface area contributed by atoms with Gasteiger partial charge in [-0.2, -0.15) is 0 Å². The van der Waals surface area contributed by atoms with Gasteiger partial charge in [-0.25, -0.2) is 0 Å². The highest BCUT2D eigenvalue weighted by molar-refractivity contribution is 6.41. The van der Waals surface area contributed by atoms with Crippen molar-refractivity contribution >= 4 is 11.7 Å². The van der Waals surface area contributed by atoms with Crippen LogP contribution >= 0.6 is 0 Å². The highest BCUT2D eigenvalue weighted by Crippen LogP contribution is 2.14. The summed E-state index contributed by atoms with van der Waals surface area (Å²) in [6, 6.07) is 3.03. The van der Waals surface area contributed by atoms with E-state index in [1.54, 1.807) is 6.07 Å². The van der Waals surface area contributed by atoms with E-state index in [9.17, 15) is 9.59 Å². The van der Waals surface area contributed by atoms with Crippen LogP contribution in [0.2, 0.25) is 0 Å². The predicted octanol–water partition coefficient (Wildman–Crippen LogP) is 1.10. The second-order valence-corrected chi connectivity index (χ2v) is 4.98. The van der Waals surface area contributed by atoms with Gasteiger partial charge in [-0.1, -0.05) is 6.42 Å². The summed E-state index contributed by atoms with van der Waals surface area (Å²) in [6.07, 6.45) is 5.64. The van der Waals surface area contributed by atoms with Gasteiger partial charge in [0.05, 0.1) is 12.8 Å². The first-order valence-corrected chi connectivity index (χ1v) is 7.02. The number of Topliss-reactive ketones (excluding diaryl/α,β-unsaturated/α-hetero) is 1. The van der Waals surface area contributed by atoms with E-state index in [-0.39, 0.29) is 12.3 Å². The maximum Gasteiger partial charge on any atom is 0.296 e. The standard InChI is InChI=1S/C14H16N4O3/c19-13(10-5-4-8-21-10)14(20)15-9-12-17-16-11-6-2-1-3-7-18(11)12/h4-5,8H,1-3,6-7,9H2,(H,15,20). The summed E-state index contributed by atoms with van der Waals surface area (Å²) in [5.41, 5.74) is 0. The normalized spacial score (nSPS) is 14.3. The van der Waals surface area contributed by atoms with Crippen LogP contribution in [0.3, 0.4) is 0 Å². The molecule has 0 unspecified atom stereocenters. The molecule has 0 radical (unpaired) electrons. The molecule has 0 saturated heterocycles. The summed E-state index contributed by atoms with van der Waals surface area (Å²) in [5.74, 6) is 0.292. The first-order valence-electron chi connectivity index (χ1n) is 7.02. The minimum Gasteiger partial charge on any atom is -0.461 e. The molecule has 0 saturated carbocycles. The van der Waals surface area contributed by atoms with Crippen molar-refractivity contribution in [3.05, 3.63) is 35.8 Å². The monoisotopic (exact) mass is 288 g/mol. The SMILES string of the molecule is O=C(NCc1nnc2n1CCCCC2)C(=O)c1ccco1. The maximum atomic E-state index is 11.8. The molecular formula is C14H16N4O3. The predicted molar refractivity (Wildman–Crippen MR) is 72.5 cm³/mol. The number of aromatic nitrogens is 3. The zero-order valence-electron chi connectivity index (χ0n) is 11.5. The van der Waals surface area contributed by atoms with Gasteiger partial charge in [0.15, 0.2) is 11.6 Å². The molecule has 0 aromatic carbocycles. The van der Waals surface area contributed by atoms with Gasteiger partial charge in [0.25, 0.3) is 11.7 Å². The smallest absolute Gasteiger partial charge is 0.296 e. The molecule has 0 fully saturated rings. The lowest BCUT2D eigenvalue weighted by Crippen LogP contribution is -2.31. The van der Waals surface area contributed by atoms with Crippen LogP contribution in [0.5, 0.6) is 0 Å². The van der Waals surface area contributed by atoms with Gasteiger partial charge in [0.2, 0.25) is 0 Å². The van der Waals surface area contributed by atoms with Crippen molar-refractivity contribution in [2.24, 2.45) is 0 Å². The fourth-order valence-electron chi connectivity index (χ4n) is 2.44. The van der Waals surface area contributed by atoms with Gasteiger partial charge < -0.3 is 14.3 Å². The van der Waals surface area contributed by atoms with E-state index < -0.39 is 11.7 Å². The van der Waals surface area contributed by atoms with E-state index in [1.807, 2.05) is 4.57 Å². The number of ketones is 1. The van der Waals surface area contributed by atoms with E-state index >= 15 is 0 Å². The molecule has 1 amide bonds. The Labute approximate surface area is 121 Å². The van der Waals surface area contributed by atoms with Crippen LogP contribution in [0.1, 0.15) is 41.5 Å². The molecule has 7 heteroatoms. The molecule has 1 aliphatic rings. The van der Waals surface area contributed by atoms with Gasteiger partial charge >= 0.3 is 0 Å². The van der Waals surface area contributed by atoms with E-state index in [0.29, 0.717) is 5.82 Å². The summed E-state index contributed by atoms with van der Waals surface area (Å²) in [5, 5.41) is 10.8. The molecule has 3 rings (SSSR count). The largest absolute Gasteiger partial charge is 0.461 e. The van der Waals surface area contributed by atoms with Crippen molar-refractivity contribution in [3.8, 4) is 0 Å². The highest BCUT2D eigenvalue weighted by Gasteiger charge is 2.20. The maximum absolute atomic E-state index is 11.8. The molecular weight excluding hydrogens is 272 g/mol. The van der Waals surface area contributed by atoms with E-state index in [0.717, 1.165) is 31.6 Å². The summed E-state index contributed by atoms with van der Waals surface area (Å²) in [6.45, 7) is 1.05. The average Bonchev–Trinajstić information content (AvgIpc) is 3.09. The molecule has 1 aliphatic heterocycles. The van der Waals surface area contributed by atoms with Gasteiger partial charge in [0.1, 0.15) is 5.82 Å². The third-order valence-electron chi connectivity index (χ3n) is 3.54. The molecule has 0 bridgehead atoms. The second-order valence-electron chi connectivity index (χ2n) is 4.98. The minimum atomic E-state index is -0.698. The van der Waals surface area contributed by atoms with E-state index in [4.69, 9.17) is 4.42 Å². The quantitative estimate of drug-likeness (QED) is 0.672. The molecule has 1 N–H and O–H groups in total. The summed E-state index contributed by atoms with van der Waals surface area (Å²) in [4.78, 5) is 23.6. The lowest BCUT2D eigenvalue weighted by molar-refractivity contribution is -0.117. The molecule has 0 aliphatic carbocycles. The molecule has 2 aromatic rings. The van der Waals surface area contributed by atoms with Crippen LogP contribution in [0.25, 0.3) is 0 Å². The molecule has 0 spiro atoms. The Kier molecular flexibility index (Phi) is 3.81. The number of hydrogen-bond donors (Lipinski definition) is 1. The number of rotatable bonds is 4. The van der Waals surface area contributed by atoms with Crippen LogP contribution in [0, 0.1) is 0 Å². The minimum absolute atomic E-state index is 0.0348. The van der Waals surface area contributed by atoms with Crippen molar-refractivity contribution in [2.45, 2.75) is 38.8 Å². The third-order valence-corrected chi connectivity index (χ3v) is 3.54. The van der Waals surface area contributed by atoms with Gasteiger partial charge in [-0.15, -0.1) is 10.2 Å². The third kappa shape index (κ3) is 2.86. The van der Waals surface area contributed by atoms with Crippen LogP contribution < -0.4 is 5.32 Å². The number of aryl methyl sites for hydroxylation is 1. The Hall–Kier alpha value is -2.44. The number of carbonyl (C=O) groups is 2. The van der Waals surface area contributed by atoms with Gasteiger partial charge in [-0.05, 0) is 25.0 Å².